The van der Waals surface area contributed by atoms with Gasteiger partial charge in [-0.15, -0.1) is 0 Å². The average molecular weight is 250 g/mol. The van der Waals surface area contributed by atoms with E-state index in [2.05, 4.69) is 15.3 Å². The summed E-state index contributed by atoms with van der Waals surface area (Å²) in [5.41, 5.74) is 1.03. The Labute approximate surface area is 105 Å². The van der Waals surface area contributed by atoms with E-state index < -0.39 is 0 Å². The molecule has 0 spiro atoms. The lowest BCUT2D eigenvalue weighted by atomic mass is 10.3. The lowest BCUT2D eigenvalue weighted by molar-refractivity contribution is 0.305. The van der Waals surface area contributed by atoms with Gasteiger partial charge in [-0.05, 0) is 17.7 Å². The van der Waals surface area contributed by atoms with Gasteiger partial charge in [-0.25, -0.2) is 4.98 Å². The van der Waals surface area contributed by atoms with Crippen molar-refractivity contribution >= 4 is 17.4 Å². The Balaban J connectivity index is 2.02. The molecule has 2 aromatic heterocycles. The van der Waals surface area contributed by atoms with Crippen LogP contribution in [0.3, 0.4) is 0 Å². The van der Waals surface area contributed by atoms with E-state index in [1.54, 1.807) is 24.7 Å². The van der Waals surface area contributed by atoms with Crippen molar-refractivity contribution in [3.05, 3.63) is 47.4 Å². The van der Waals surface area contributed by atoms with Gasteiger partial charge in [0.1, 0.15) is 18.2 Å². The zero-order valence-electron chi connectivity index (χ0n) is 9.35. The number of pyridine rings is 2. The summed E-state index contributed by atoms with van der Waals surface area (Å²) in [5.74, 6) is 1.47. The lowest BCUT2D eigenvalue weighted by Gasteiger charge is -2.07. The Morgan fingerprint density at radius 2 is 2.24 bits per heavy atom. The van der Waals surface area contributed by atoms with E-state index in [9.17, 15) is 0 Å². The third kappa shape index (κ3) is 3.32. The Kier molecular flexibility index (Phi) is 3.77. The molecule has 0 aliphatic heterocycles. The van der Waals surface area contributed by atoms with E-state index in [4.69, 9.17) is 16.3 Å². The topological polar surface area (TPSA) is 47.0 Å². The molecule has 0 radical (unpaired) electrons. The van der Waals surface area contributed by atoms with E-state index in [0.29, 0.717) is 17.4 Å². The van der Waals surface area contributed by atoms with Gasteiger partial charge >= 0.3 is 0 Å². The maximum atomic E-state index is 5.81. The number of hydrogen-bond acceptors (Lipinski definition) is 4. The second-order valence-electron chi connectivity index (χ2n) is 3.43. The molecule has 0 aliphatic rings. The first-order chi connectivity index (χ1) is 8.28. The van der Waals surface area contributed by atoms with Crippen LogP contribution in [0.25, 0.3) is 0 Å². The molecule has 0 saturated carbocycles. The number of ether oxygens (including phenoxy) is 1. The lowest BCUT2D eigenvalue weighted by Crippen LogP contribution is -1.98. The molecule has 2 aromatic rings. The molecule has 0 saturated heterocycles. The van der Waals surface area contributed by atoms with Gasteiger partial charge in [-0.3, -0.25) is 4.98 Å². The molecule has 2 rings (SSSR count). The van der Waals surface area contributed by atoms with Crippen LogP contribution < -0.4 is 10.1 Å². The first kappa shape index (κ1) is 11.7. The fourth-order valence-electron chi connectivity index (χ4n) is 1.34. The number of nitrogens with one attached hydrogen (secondary N) is 1. The van der Waals surface area contributed by atoms with Crippen molar-refractivity contribution in [2.24, 2.45) is 0 Å². The van der Waals surface area contributed by atoms with Crippen molar-refractivity contribution < 1.29 is 4.74 Å². The van der Waals surface area contributed by atoms with Crippen LogP contribution in [-0.4, -0.2) is 17.0 Å². The molecule has 5 heteroatoms. The molecule has 0 atom stereocenters. The highest BCUT2D eigenvalue weighted by atomic mass is 35.5. The summed E-state index contributed by atoms with van der Waals surface area (Å²) < 4.78 is 5.57. The zero-order valence-corrected chi connectivity index (χ0v) is 10.1. The summed E-state index contributed by atoms with van der Waals surface area (Å²) in [5, 5.41) is 3.54. The maximum absolute atomic E-state index is 5.81. The van der Waals surface area contributed by atoms with Crippen molar-refractivity contribution in [1.82, 2.24) is 9.97 Å². The minimum absolute atomic E-state index is 0.458. The summed E-state index contributed by atoms with van der Waals surface area (Å²) in [4.78, 5) is 8.08. The summed E-state index contributed by atoms with van der Waals surface area (Å²) in [6.07, 6.45) is 4.94. The van der Waals surface area contributed by atoms with Gasteiger partial charge in [-0.2, -0.15) is 0 Å². The van der Waals surface area contributed by atoms with Gasteiger partial charge in [0, 0.05) is 25.5 Å². The molecule has 4 nitrogen and oxygen atoms in total. The smallest absolute Gasteiger partial charge is 0.139 e. The highest BCUT2D eigenvalue weighted by molar-refractivity contribution is 6.30. The number of hydrogen-bond donors (Lipinski definition) is 1. The van der Waals surface area contributed by atoms with Gasteiger partial charge in [0.05, 0.1) is 11.2 Å². The molecule has 0 fully saturated rings. The molecule has 0 aliphatic carbocycles. The van der Waals surface area contributed by atoms with Gasteiger partial charge in [0.25, 0.3) is 0 Å². The molecule has 17 heavy (non-hydrogen) atoms. The van der Waals surface area contributed by atoms with Crippen LogP contribution in [0.4, 0.5) is 5.82 Å². The Bertz CT molecular complexity index is 505. The quantitative estimate of drug-likeness (QED) is 0.905. The fourth-order valence-corrected chi connectivity index (χ4v) is 1.50. The average Bonchev–Trinajstić information content (AvgIpc) is 2.37. The second kappa shape index (κ2) is 5.50. The van der Waals surface area contributed by atoms with Gasteiger partial charge in [0.15, 0.2) is 0 Å². The normalized spacial score (nSPS) is 10.0. The van der Waals surface area contributed by atoms with Crippen LogP contribution >= 0.6 is 11.6 Å². The molecule has 2 heterocycles. The zero-order chi connectivity index (χ0) is 12.1. The molecule has 0 amide bonds. The van der Waals surface area contributed by atoms with Gasteiger partial charge in [0.2, 0.25) is 0 Å². The van der Waals surface area contributed by atoms with Crippen LogP contribution in [0, 0.1) is 0 Å². The third-order valence-corrected chi connectivity index (χ3v) is 2.37. The largest absolute Gasteiger partial charge is 0.487 e. The Morgan fingerprint density at radius 3 is 3.00 bits per heavy atom. The van der Waals surface area contributed by atoms with Crippen LogP contribution in [0.15, 0.2) is 36.8 Å². The monoisotopic (exact) mass is 249 g/mol. The molecule has 88 valence electrons. The molecular formula is C12H12ClN3O. The minimum Gasteiger partial charge on any atom is -0.487 e. The van der Waals surface area contributed by atoms with E-state index in [-0.39, 0.29) is 0 Å². The molecule has 0 bridgehead atoms. The Morgan fingerprint density at radius 1 is 1.35 bits per heavy atom. The number of nitrogens with zero attached hydrogens (tertiary/aromatic N) is 2. The number of anilines is 1. The van der Waals surface area contributed by atoms with Crippen LogP contribution in [0.2, 0.25) is 5.02 Å². The van der Waals surface area contributed by atoms with Gasteiger partial charge < -0.3 is 10.1 Å². The van der Waals surface area contributed by atoms with Crippen molar-refractivity contribution in [1.29, 1.82) is 0 Å². The van der Waals surface area contributed by atoms with E-state index in [0.717, 1.165) is 11.4 Å². The first-order valence-corrected chi connectivity index (χ1v) is 5.52. The SMILES string of the molecule is CNc1cc(COc2cncc(Cl)c2)ccn1. The van der Waals surface area contributed by atoms with E-state index in [1.165, 1.54) is 0 Å². The predicted molar refractivity (Wildman–Crippen MR) is 67.4 cm³/mol. The molecule has 0 aromatic carbocycles. The molecule has 0 unspecified atom stereocenters. The number of halogens is 1. The first-order valence-electron chi connectivity index (χ1n) is 5.14. The molecule has 1 N–H and O–H groups in total. The van der Waals surface area contributed by atoms with Crippen molar-refractivity contribution in [3.63, 3.8) is 0 Å². The summed E-state index contributed by atoms with van der Waals surface area (Å²) in [7, 11) is 1.83. The van der Waals surface area contributed by atoms with Crippen molar-refractivity contribution in [2.45, 2.75) is 6.61 Å². The summed E-state index contributed by atoms with van der Waals surface area (Å²) >= 11 is 5.81. The highest BCUT2D eigenvalue weighted by Crippen LogP contribution is 2.17. The molecular weight excluding hydrogens is 238 g/mol. The van der Waals surface area contributed by atoms with Crippen molar-refractivity contribution in [3.8, 4) is 5.75 Å². The standard InChI is InChI=1S/C12H12ClN3O/c1-14-12-4-9(2-3-16-12)8-17-11-5-10(13)6-15-7-11/h2-7H,8H2,1H3,(H,14,16). The third-order valence-electron chi connectivity index (χ3n) is 2.17. The fraction of sp³-hybridized carbons (Fsp3) is 0.167. The van der Waals surface area contributed by atoms with Crippen LogP contribution in [0.1, 0.15) is 5.56 Å². The number of aromatic nitrogens is 2. The predicted octanol–water partition coefficient (Wildman–Crippen LogP) is 2.75. The van der Waals surface area contributed by atoms with E-state index in [1.807, 2.05) is 19.2 Å². The maximum Gasteiger partial charge on any atom is 0.139 e. The second-order valence-corrected chi connectivity index (χ2v) is 3.86. The summed E-state index contributed by atoms with van der Waals surface area (Å²) in [6, 6.07) is 5.56. The number of rotatable bonds is 4. The van der Waals surface area contributed by atoms with E-state index >= 15 is 0 Å². The summed E-state index contributed by atoms with van der Waals surface area (Å²) in [6.45, 7) is 0.458. The van der Waals surface area contributed by atoms with Gasteiger partial charge in [-0.1, -0.05) is 11.6 Å². The Hall–Kier alpha value is -1.81. The van der Waals surface area contributed by atoms with Crippen molar-refractivity contribution in [2.75, 3.05) is 12.4 Å². The highest BCUT2D eigenvalue weighted by Gasteiger charge is 1.99. The minimum atomic E-state index is 0.458. The van der Waals surface area contributed by atoms with Crippen LogP contribution in [0.5, 0.6) is 5.75 Å². The van der Waals surface area contributed by atoms with Crippen LogP contribution in [-0.2, 0) is 6.61 Å².